The third-order valence-corrected chi connectivity index (χ3v) is 6.77. The van der Waals surface area contributed by atoms with Gasteiger partial charge < -0.3 is 10.1 Å². The maximum Gasteiger partial charge on any atom is 0.261 e. The molecule has 2 rings (SSSR count). The summed E-state index contributed by atoms with van der Waals surface area (Å²) >= 11 is 1.78. The molecule has 2 aromatic rings. The summed E-state index contributed by atoms with van der Waals surface area (Å²) in [5.74, 6) is 2.12. The Morgan fingerprint density at radius 2 is 1.90 bits per heavy atom. The largest absolute Gasteiger partial charge is 0.481 e. The van der Waals surface area contributed by atoms with E-state index in [-0.39, 0.29) is 5.91 Å². The lowest BCUT2D eigenvalue weighted by Gasteiger charge is -2.19. The predicted octanol–water partition coefficient (Wildman–Crippen LogP) is 3.60. The number of aryl methyl sites for hydroxylation is 1. The highest BCUT2D eigenvalue weighted by atomic mass is 32.2. The van der Waals surface area contributed by atoms with Gasteiger partial charge in [-0.2, -0.15) is 11.8 Å². The van der Waals surface area contributed by atoms with E-state index < -0.39 is 16.1 Å². The summed E-state index contributed by atoms with van der Waals surface area (Å²) in [6.07, 6.45) is 1.09. The average molecular weight is 451 g/mol. The molecule has 0 bridgehead atoms. The lowest BCUT2D eigenvalue weighted by Crippen LogP contribution is -2.39. The van der Waals surface area contributed by atoms with Crippen LogP contribution in [0.25, 0.3) is 0 Å². The smallest absolute Gasteiger partial charge is 0.261 e. The van der Waals surface area contributed by atoms with Crippen molar-refractivity contribution >= 4 is 33.4 Å². The number of thioether (sulfide) groups is 1. The van der Waals surface area contributed by atoms with Gasteiger partial charge in [-0.1, -0.05) is 36.8 Å². The van der Waals surface area contributed by atoms with Crippen LogP contribution in [0.1, 0.15) is 24.5 Å². The quantitative estimate of drug-likeness (QED) is 0.530. The average Bonchev–Trinajstić information content (AvgIpc) is 2.71. The Morgan fingerprint density at radius 1 is 1.20 bits per heavy atom. The van der Waals surface area contributed by atoms with E-state index in [2.05, 4.69) is 36.5 Å². The van der Waals surface area contributed by atoms with E-state index in [9.17, 15) is 13.2 Å². The van der Waals surface area contributed by atoms with E-state index in [4.69, 9.17) is 4.74 Å². The molecule has 0 aliphatic carbocycles. The SMILES string of the molecule is CCC(Oc1ccc(N(C)S(C)(=O)=O)cc1)C(=O)NCCSCc1cccc(C)c1. The van der Waals surface area contributed by atoms with Crippen LogP contribution in [-0.2, 0) is 20.6 Å². The van der Waals surface area contributed by atoms with Gasteiger partial charge in [-0.15, -0.1) is 0 Å². The van der Waals surface area contributed by atoms with E-state index in [0.29, 0.717) is 24.4 Å². The molecular weight excluding hydrogens is 420 g/mol. The summed E-state index contributed by atoms with van der Waals surface area (Å²) in [6, 6.07) is 15.1. The minimum absolute atomic E-state index is 0.147. The highest BCUT2D eigenvalue weighted by molar-refractivity contribution is 7.98. The van der Waals surface area contributed by atoms with Crippen LogP contribution in [0.4, 0.5) is 5.69 Å². The molecule has 164 valence electrons. The van der Waals surface area contributed by atoms with Gasteiger partial charge in [0.05, 0.1) is 11.9 Å². The first-order valence-corrected chi connectivity index (χ1v) is 12.8. The normalized spacial score (nSPS) is 12.3. The van der Waals surface area contributed by atoms with Crippen molar-refractivity contribution in [1.29, 1.82) is 0 Å². The van der Waals surface area contributed by atoms with Crippen molar-refractivity contribution in [2.24, 2.45) is 0 Å². The predicted molar refractivity (Wildman–Crippen MR) is 125 cm³/mol. The maximum atomic E-state index is 12.4. The van der Waals surface area contributed by atoms with E-state index >= 15 is 0 Å². The number of nitrogens with one attached hydrogen (secondary N) is 1. The van der Waals surface area contributed by atoms with Crippen LogP contribution in [0.15, 0.2) is 48.5 Å². The van der Waals surface area contributed by atoms with Gasteiger partial charge in [0.15, 0.2) is 6.10 Å². The number of amides is 1. The number of carbonyl (C=O) groups is 1. The monoisotopic (exact) mass is 450 g/mol. The van der Waals surface area contributed by atoms with Crippen LogP contribution in [0.5, 0.6) is 5.75 Å². The summed E-state index contributed by atoms with van der Waals surface area (Å²) < 4.78 is 30.2. The standard InChI is InChI=1S/C22H30N2O4S2/c1-5-21(28-20-11-9-19(10-12-20)24(3)30(4,26)27)22(25)23-13-14-29-16-18-8-6-7-17(2)15-18/h6-12,15,21H,5,13-14,16H2,1-4H3,(H,23,25). The van der Waals surface area contributed by atoms with Crippen LogP contribution in [0.3, 0.4) is 0 Å². The molecule has 8 heteroatoms. The number of rotatable bonds is 11. The van der Waals surface area contributed by atoms with Crippen LogP contribution >= 0.6 is 11.8 Å². The first kappa shape index (κ1) is 24.1. The third kappa shape index (κ3) is 7.57. The molecule has 0 saturated heterocycles. The van der Waals surface area contributed by atoms with Gasteiger partial charge in [0.25, 0.3) is 5.91 Å². The molecule has 0 aliphatic heterocycles. The summed E-state index contributed by atoms with van der Waals surface area (Å²) in [7, 11) is -1.83. The van der Waals surface area contributed by atoms with Gasteiger partial charge in [0, 0.05) is 25.1 Å². The third-order valence-electron chi connectivity index (χ3n) is 4.54. The molecule has 0 radical (unpaired) electrons. The Bertz CT molecular complexity index is 930. The Kier molecular flexibility index (Phi) is 9.05. The molecule has 0 heterocycles. The molecule has 1 amide bonds. The molecular formula is C22H30N2O4S2. The number of nitrogens with zero attached hydrogens (tertiary/aromatic N) is 1. The Labute approximate surface area is 184 Å². The van der Waals surface area contributed by atoms with Crippen molar-refractivity contribution < 1.29 is 17.9 Å². The molecule has 0 fully saturated rings. The molecule has 30 heavy (non-hydrogen) atoms. The lowest BCUT2D eigenvalue weighted by molar-refractivity contribution is -0.127. The van der Waals surface area contributed by atoms with Gasteiger partial charge >= 0.3 is 0 Å². The fourth-order valence-corrected chi connectivity index (χ4v) is 4.08. The van der Waals surface area contributed by atoms with E-state index in [1.807, 2.05) is 6.92 Å². The zero-order chi connectivity index (χ0) is 22.1. The molecule has 0 spiro atoms. The molecule has 2 aromatic carbocycles. The van der Waals surface area contributed by atoms with Crippen LogP contribution < -0.4 is 14.4 Å². The molecule has 0 aliphatic rings. The fourth-order valence-electron chi connectivity index (χ4n) is 2.76. The Balaban J connectivity index is 1.79. The first-order chi connectivity index (χ1) is 14.2. The number of anilines is 1. The minimum atomic E-state index is -3.32. The summed E-state index contributed by atoms with van der Waals surface area (Å²) in [6.45, 7) is 4.55. The number of sulfonamides is 1. The highest BCUT2D eigenvalue weighted by Gasteiger charge is 2.18. The highest BCUT2D eigenvalue weighted by Crippen LogP contribution is 2.21. The summed E-state index contributed by atoms with van der Waals surface area (Å²) in [4.78, 5) is 12.4. The summed E-state index contributed by atoms with van der Waals surface area (Å²) in [5, 5.41) is 2.93. The second-order valence-corrected chi connectivity index (χ2v) is 10.2. The number of hydrogen-bond acceptors (Lipinski definition) is 5. The van der Waals surface area contributed by atoms with Gasteiger partial charge in [-0.3, -0.25) is 9.10 Å². The fraction of sp³-hybridized carbons (Fsp3) is 0.409. The number of ether oxygens (including phenoxy) is 1. The van der Waals surface area contributed by atoms with Crippen molar-refractivity contribution in [3.8, 4) is 5.75 Å². The van der Waals surface area contributed by atoms with Crippen molar-refractivity contribution in [3.63, 3.8) is 0 Å². The lowest BCUT2D eigenvalue weighted by atomic mass is 10.2. The van der Waals surface area contributed by atoms with Gasteiger partial charge in [-0.05, 0) is 43.2 Å². The first-order valence-electron chi connectivity index (χ1n) is 9.82. The Morgan fingerprint density at radius 3 is 2.50 bits per heavy atom. The molecule has 6 nitrogen and oxygen atoms in total. The number of hydrogen-bond donors (Lipinski definition) is 1. The van der Waals surface area contributed by atoms with Crippen molar-refractivity contribution in [2.75, 3.05) is 29.9 Å². The van der Waals surface area contributed by atoms with Gasteiger partial charge in [0.2, 0.25) is 10.0 Å². The van der Waals surface area contributed by atoms with Gasteiger partial charge in [-0.25, -0.2) is 8.42 Å². The molecule has 0 saturated carbocycles. The molecule has 1 N–H and O–H groups in total. The van der Waals surface area contributed by atoms with Crippen molar-refractivity contribution in [2.45, 2.75) is 32.1 Å². The molecule has 1 atom stereocenters. The zero-order valence-electron chi connectivity index (χ0n) is 17.9. The Hall–Kier alpha value is -2.19. The topological polar surface area (TPSA) is 75.7 Å². The van der Waals surface area contributed by atoms with E-state index in [0.717, 1.165) is 17.8 Å². The number of benzene rings is 2. The molecule has 1 unspecified atom stereocenters. The second kappa shape index (κ2) is 11.3. The van der Waals surface area contributed by atoms with Crippen molar-refractivity contribution in [3.05, 3.63) is 59.7 Å². The second-order valence-electron chi connectivity index (χ2n) is 7.07. The molecule has 0 aromatic heterocycles. The van der Waals surface area contributed by atoms with Gasteiger partial charge in [0.1, 0.15) is 5.75 Å². The van der Waals surface area contributed by atoms with Crippen LogP contribution in [0.2, 0.25) is 0 Å². The minimum Gasteiger partial charge on any atom is -0.481 e. The van der Waals surface area contributed by atoms with Crippen LogP contribution in [0, 0.1) is 6.92 Å². The van der Waals surface area contributed by atoms with Crippen molar-refractivity contribution in [1.82, 2.24) is 5.32 Å². The van der Waals surface area contributed by atoms with E-state index in [1.165, 1.54) is 22.5 Å². The van der Waals surface area contributed by atoms with Crippen LogP contribution in [-0.4, -0.2) is 46.0 Å². The van der Waals surface area contributed by atoms with E-state index in [1.54, 1.807) is 36.0 Å². The zero-order valence-corrected chi connectivity index (χ0v) is 19.6. The summed E-state index contributed by atoms with van der Waals surface area (Å²) in [5.41, 5.74) is 3.07. The maximum absolute atomic E-state index is 12.4. The number of carbonyl (C=O) groups excluding carboxylic acids is 1.